The summed E-state index contributed by atoms with van der Waals surface area (Å²) in [6.45, 7) is 0.977. The molecule has 0 saturated carbocycles. The van der Waals surface area contributed by atoms with E-state index in [1.807, 2.05) is 54.6 Å². The third-order valence-corrected chi connectivity index (χ3v) is 3.98. The highest BCUT2D eigenvalue weighted by Gasteiger charge is 2.03. The molecule has 0 fully saturated rings. The van der Waals surface area contributed by atoms with Gasteiger partial charge in [-0.3, -0.25) is 0 Å². The maximum absolute atomic E-state index is 13.0. The van der Waals surface area contributed by atoms with Crippen molar-refractivity contribution in [3.05, 3.63) is 94.8 Å². The van der Waals surface area contributed by atoms with Crippen molar-refractivity contribution in [2.45, 2.75) is 13.2 Å². The van der Waals surface area contributed by atoms with Crippen LogP contribution in [0.2, 0.25) is 5.02 Å². The van der Waals surface area contributed by atoms with E-state index in [4.69, 9.17) is 16.3 Å². The van der Waals surface area contributed by atoms with Crippen molar-refractivity contribution in [1.82, 2.24) is 5.43 Å². The predicted molar refractivity (Wildman–Crippen MR) is 99.1 cm³/mol. The first-order chi connectivity index (χ1) is 12.2. The first kappa shape index (κ1) is 17.3. The molecule has 5 heteroatoms. The highest BCUT2D eigenvalue weighted by Crippen LogP contribution is 2.20. The highest BCUT2D eigenvalue weighted by molar-refractivity contribution is 6.31. The molecule has 2 N–H and O–H groups in total. The fourth-order valence-corrected chi connectivity index (χ4v) is 2.49. The third-order valence-electron chi connectivity index (χ3n) is 3.63. The lowest BCUT2D eigenvalue weighted by molar-refractivity contribution is 0.306. The lowest BCUT2D eigenvalue weighted by Crippen LogP contribution is -2.20. The zero-order chi connectivity index (χ0) is 17.5. The average molecular weight is 357 g/mol. The van der Waals surface area contributed by atoms with E-state index in [-0.39, 0.29) is 5.82 Å². The Morgan fingerprint density at radius 3 is 2.40 bits per heavy atom. The molecule has 3 rings (SSSR count). The zero-order valence-electron chi connectivity index (χ0n) is 13.5. The molecule has 0 radical (unpaired) electrons. The van der Waals surface area contributed by atoms with Crippen molar-refractivity contribution in [3.8, 4) is 5.75 Å². The summed E-state index contributed by atoms with van der Waals surface area (Å²) in [5.74, 6) is 0.384. The Labute approximate surface area is 151 Å². The second-order valence-corrected chi connectivity index (χ2v) is 5.92. The maximum atomic E-state index is 13.0. The van der Waals surface area contributed by atoms with Gasteiger partial charge in [-0.05, 0) is 42.0 Å². The molecule has 0 bridgehead atoms. The molecule has 0 aliphatic rings. The number of benzene rings is 3. The summed E-state index contributed by atoms with van der Waals surface area (Å²) in [4.78, 5) is 0. The number of halogens is 2. The molecule has 25 heavy (non-hydrogen) atoms. The van der Waals surface area contributed by atoms with E-state index in [1.54, 1.807) is 6.07 Å². The van der Waals surface area contributed by atoms with E-state index in [0.717, 1.165) is 22.6 Å². The molecule has 0 unspecified atom stereocenters. The van der Waals surface area contributed by atoms with Gasteiger partial charge in [0.2, 0.25) is 0 Å². The lowest BCUT2D eigenvalue weighted by Gasteiger charge is -2.10. The van der Waals surface area contributed by atoms with E-state index in [2.05, 4.69) is 10.9 Å². The van der Waals surface area contributed by atoms with Gasteiger partial charge >= 0.3 is 0 Å². The average Bonchev–Trinajstić information content (AvgIpc) is 2.63. The van der Waals surface area contributed by atoms with Gasteiger partial charge in [0.25, 0.3) is 0 Å². The van der Waals surface area contributed by atoms with Gasteiger partial charge in [-0.2, -0.15) is 0 Å². The number of hydrogen-bond donors (Lipinski definition) is 2. The number of hydrogen-bond acceptors (Lipinski definition) is 3. The van der Waals surface area contributed by atoms with Crippen LogP contribution in [0.3, 0.4) is 0 Å². The molecule has 3 aromatic carbocycles. The van der Waals surface area contributed by atoms with E-state index in [0.29, 0.717) is 18.2 Å². The van der Waals surface area contributed by atoms with Gasteiger partial charge < -0.3 is 10.2 Å². The topological polar surface area (TPSA) is 33.3 Å². The summed E-state index contributed by atoms with van der Waals surface area (Å²) in [6, 6.07) is 22.0. The molecular weight excluding hydrogens is 339 g/mol. The van der Waals surface area contributed by atoms with Gasteiger partial charge in [-0.25, -0.2) is 9.82 Å². The van der Waals surface area contributed by atoms with Crippen LogP contribution in [0.1, 0.15) is 11.1 Å². The summed E-state index contributed by atoms with van der Waals surface area (Å²) >= 11 is 5.99. The van der Waals surface area contributed by atoms with Crippen molar-refractivity contribution in [1.29, 1.82) is 0 Å². The number of ether oxygens (including phenoxy) is 1. The van der Waals surface area contributed by atoms with Crippen LogP contribution >= 0.6 is 11.6 Å². The Hall–Kier alpha value is -2.56. The third kappa shape index (κ3) is 5.21. The molecule has 0 aliphatic carbocycles. The van der Waals surface area contributed by atoms with Crippen molar-refractivity contribution in [3.63, 3.8) is 0 Å². The summed E-state index contributed by atoms with van der Waals surface area (Å²) in [5, 5.41) is 0.368. The second-order valence-electron chi connectivity index (χ2n) is 5.51. The van der Waals surface area contributed by atoms with Crippen LogP contribution in [-0.2, 0) is 13.2 Å². The molecular formula is C20H18ClFN2O. The summed E-state index contributed by atoms with van der Waals surface area (Å²) in [7, 11) is 0. The van der Waals surface area contributed by atoms with Gasteiger partial charge in [0.15, 0.2) is 0 Å². The smallest absolute Gasteiger partial charge is 0.124 e. The number of nitrogens with one attached hydrogen (secondary N) is 2. The fraction of sp³-hybridized carbons (Fsp3) is 0.100. The van der Waals surface area contributed by atoms with Crippen LogP contribution in [0, 0.1) is 5.82 Å². The Kier molecular flexibility index (Phi) is 5.88. The van der Waals surface area contributed by atoms with E-state index in [1.165, 1.54) is 12.1 Å². The van der Waals surface area contributed by atoms with Gasteiger partial charge in [-0.15, -0.1) is 0 Å². The van der Waals surface area contributed by atoms with Crippen LogP contribution < -0.4 is 15.6 Å². The number of anilines is 1. The van der Waals surface area contributed by atoms with E-state index >= 15 is 0 Å². The summed E-state index contributed by atoms with van der Waals surface area (Å²) in [6.07, 6.45) is 0. The largest absolute Gasteiger partial charge is 0.489 e. The Morgan fingerprint density at radius 2 is 1.68 bits per heavy atom. The molecule has 128 valence electrons. The van der Waals surface area contributed by atoms with E-state index < -0.39 is 0 Å². The van der Waals surface area contributed by atoms with Crippen molar-refractivity contribution in [2.75, 3.05) is 5.43 Å². The van der Waals surface area contributed by atoms with Crippen LogP contribution in [0.5, 0.6) is 5.75 Å². The standard InChI is InChI=1S/C20H18ClFN2O/c21-20-12-17(22)9-8-16(20)14-25-19-10-6-15(7-11-19)13-23-24-18-4-2-1-3-5-18/h1-12,23-24H,13-14H2. The normalized spacial score (nSPS) is 10.5. The number of rotatable bonds is 7. The summed E-state index contributed by atoms with van der Waals surface area (Å²) < 4.78 is 18.7. The van der Waals surface area contributed by atoms with E-state index in [9.17, 15) is 4.39 Å². The molecule has 0 amide bonds. The van der Waals surface area contributed by atoms with Crippen molar-refractivity contribution < 1.29 is 9.13 Å². The van der Waals surface area contributed by atoms with Crippen molar-refractivity contribution in [2.24, 2.45) is 0 Å². The van der Waals surface area contributed by atoms with Crippen LogP contribution in [0.4, 0.5) is 10.1 Å². The molecule has 0 saturated heterocycles. The molecule has 3 nitrogen and oxygen atoms in total. The minimum Gasteiger partial charge on any atom is -0.489 e. The minimum absolute atomic E-state index is 0.298. The monoisotopic (exact) mass is 356 g/mol. The quantitative estimate of drug-likeness (QED) is 0.572. The predicted octanol–water partition coefficient (Wildman–Crippen LogP) is 5.17. The van der Waals surface area contributed by atoms with Gasteiger partial charge in [0.05, 0.1) is 5.02 Å². The molecule has 0 aliphatic heterocycles. The van der Waals surface area contributed by atoms with Gasteiger partial charge in [-0.1, -0.05) is 48.0 Å². The minimum atomic E-state index is -0.352. The van der Waals surface area contributed by atoms with Crippen molar-refractivity contribution >= 4 is 17.3 Å². The van der Waals surface area contributed by atoms with Crippen LogP contribution in [0.15, 0.2) is 72.8 Å². The molecule has 0 atom stereocenters. The molecule has 3 aromatic rings. The first-order valence-corrected chi connectivity index (χ1v) is 8.28. The maximum Gasteiger partial charge on any atom is 0.124 e. The Bertz CT molecular complexity index is 810. The Morgan fingerprint density at radius 1 is 0.920 bits per heavy atom. The van der Waals surface area contributed by atoms with Gasteiger partial charge in [0, 0.05) is 17.8 Å². The molecule has 0 heterocycles. The van der Waals surface area contributed by atoms with Crippen LogP contribution in [0.25, 0.3) is 0 Å². The molecule has 0 aromatic heterocycles. The fourth-order valence-electron chi connectivity index (χ4n) is 2.27. The first-order valence-electron chi connectivity index (χ1n) is 7.90. The van der Waals surface area contributed by atoms with Crippen LogP contribution in [-0.4, -0.2) is 0 Å². The number of hydrazine groups is 1. The number of para-hydroxylation sites is 1. The highest BCUT2D eigenvalue weighted by atomic mass is 35.5. The Balaban J connectivity index is 1.48. The second kappa shape index (κ2) is 8.51. The SMILES string of the molecule is Fc1ccc(COc2ccc(CNNc3ccccc3)cc2)c(Cl)c1. The summed E-state index contributed by atoms with van der Waals surface area (Å²) in [5.41, 5.74) is 9.19. The lowest BCUT2D eigenvalue weighted by atomic mass is 10.2. The van der Waals surface area contributed by atoms with Gasteiger partial charge in [0.1, 0.15) is 18.2 Å². The zero-order valence-corrected chi connectivity index (χ0v) is 14.3. The molecule has 0 spiro atoms.